The highest BCUT2D eigenvalue weighted by atomic mass is 16.3. The minimum Gasteiger partial charge on any atom is -0.507 e. The molecule has 2 fully saturated rings. The Morgan fingerprint density at radius 3 is 2.44 bits per heavy atom. The molecular weight excluding hydrogens is 226 g/mol. The molecule has 0 bridgehead atoms. The number of phenols is 1. The Bertz CT molecular complexity index is 463. The van der Waals surface area contributed by atoms with Crippen molar-refractivity contribution in [3.8, 4) is 5.75 Å². The van der Waals surface area contributed by atoms with Crippen LogP contribution in [-0.4, -0.2) is 17.1 Å². The van der Waals surface area contributed by atoms with E-state index in [0.717, 1.165) is 5.56 Å². The Hall–Kier alpha value is -1.51. The van der Waals surface area contributed by atoms with Crippen LogP contribution in [0.3, 0.4) is 0 Å². The quantitative estimate of drug-likeness (QED) is 0.856. The van der Waals surface area contributed by atoms with Gasteiger partial charge in [-0.25, -0.2) is 0 Å². The average Bonchev–Trinajstić information content (AvgIpc) is 3.22. The van der Waals surface area contributed by atoms with Gasteiger partial charge in [-0.2, -0.15) is 0 Å². The fourth-order valence-electron chi connectivity index (χ4n) is 2.60. The Morgan fingerprint density at radius 2 is 1.89 bits per heavy atom. The first-order valence-electron chi connectivity index (χ1n) is 6.76. The average molecular weight is 245 g/mol. The molecule has 1 amide bonds. The van der Waals surface area contributed by atoms with E-state index in [0.29, 0.717) is 23.4 Å². The molecule has 0 unspecified atom stereocenters. The van der Waals surface area contributed by atoms with Crippen LogP contribution in [-0.2, 0) is 0 Å². The summed E-state index contributed by atoms with van der Waals surface area (Å²) >= 11 is 0. The van der Waals surface area contributed by atoms with Gasteiger partial charge in [0.25, 0.3) is 5.91 Å². The summed E-state index contributed by atoms with van der Waals surface area (Å²) in [5.74, 6) is 1.34. The van der Waals surface area contributed by atoms with Crippen LogP contribution < -0.4 is 5.32 Å². The predicted octanol–water partition coefficient (Wildman–Crippen LogP) is 2.62. The molecule has 0 spiro atoms. The zero-order valence-electron chi connectivity index (χ0n) is 10.6. The lowest BCUT2D eigenvalue weighted by molar-refractivity contribution is 0.0923. The molecule has 3 heteroatoms. The fraction of sp³-hybridized carbons (Fsp3) is 0.533. The van der Waals surface area contributed by atoms with E-state index >= 15 is 0 Å². The maximum Gasteiger partial charge on any atom is 0.255 e. The number of aryl methyl sites for hydroxylation is 1. The molecule has 0 aromatic heterocycles. The topological polar surface area (TPSA) is 49.3 Å². The SMILES string of the molecule is Cc1cccc(C(=O)NC(C2CC2)C2CC2)c1O. The van der Waals surface area contributed by atoms with Gasteiger partial charge in [0, 0.05) is 6.04 Å². The van der Waals surface area contributed by atoms with Gasteiger partial charge in [-0.1, -0.05) is 12.1 Å². The van der Waals surface area contributed by atoms with E-state index in [4.69, 9.17) is 0 Å². The number of hydrogen-bond acceptors (Lipinski definition) is 2. The van der Waals surface area contributed by atoms with Gasteiger partial charge in [0.1, 0.15) is 5.75 Å². The second kappa shape index (κ2) is 4.30. The van der Waals surface area contributed by atoms with Crippen molar-refractivity contribution in [3.05, 3.63) is 29.3 Å². The van der Waals surface area contributed by atoms with E-state index in [-0.39, 0.29) is 11.7 Å². The lowest BCUT2D eigenvalue weighted by atomic mass is 10.1. The van der Waals surface area contributed by atoms with E-state index in [1.807, 2.05) is 19.1 Å². The molecule has 1 aromatic rings. The van der Waals surface area contributed by atoms with Crippen molar-refractivity contribution in [1.82, 2.24) is 5.32 Å². The van der Waals surface area contributed by atoms with Crippen LogP contribution in [0.5, 0.6) is 5.75 Å². The van der Waals surface area contributed by atoms with Crippen LogP contribution in [0.4, 0.5) is 0 Å². The fourth-order valence-corrected chi connectivity index (χ4v) is 2.60. The summed E-state index contributed by atoms with van der Waals surface area (Å²) in [6.07, 6.45) is 4.95. The van der Waals surface area contributed by atoms with E-state index in [9.17, 15) is 9.90 Å². The van der Waals surface area contributed by atoms with E-state index in [1.165, 1.54) is 25.7 Å². The van der Waals surface area contributed by atoms with Crippen molar-refractivity contribution in [2.24, 2.45) is 11.8 Å². The minimum atomic E-state index is -0.125. The van der Waals surface area contributed by atoms with Crippen LogP contribution in [0, 0.1) is 18.8 Å². The van der Waals surface area contributed by atoms with Gasteiger partial charge in [0.15, 0.2) is 0 Å². The number of nitrogens with one attached hydrogen (secondary N) is 1. The van der Waals surface area contributed by atoms with E-state index in [2.05, 4.69) is 5.32 Å². The second-order valence-electron chi connectivity index (χ2n) is 5.65. The molecule has 0 aliphatic heterocycles. The highest BCUT2D eigenvalue weighted by Crippen LogP contribution is 2.44. The Kier molecular flexibility index (Phi) is 2.77. The lowest BCUT2D eigenvalue weighted by Gasteiger charge is -2.18. The molecule has 3 rings (SSSR count). The third-order valence-corrected chi connectivity index (χ3v) is 4.04. The Labute approximate surface area is 107 Å². The van der Waals surface area contributed by atoms with Crippen molar-refractivity contribution in [1.29, 1.82) is 0 Å². The molecule has 2 aliphatic carbocycles. The van der Waals surface area contributed by atoms with E-state index < -0.39 is 0 Å². The van der Waals surface area contributed by atoms with Gasteiger partial charge in [-0.05, 0) is 56.1 Å². The zero-order chi connectivity index (χ0) is 12.7. The molecule has 1 aromatic carbocycles. The number of rotatable bonds is 4. The largest absolute Gasteiger partial charge is 0.507 e. The number of para-hydroxylation sites is 1. The van der Waals surface area contributed by atoms with Gasteiger partial charge in [0.2, 0.25) is 0 Å². The molecule has 96 valence electrons. The third kappa shape index (κ3) is 2.22. The number of phenolic OH excluding ortho intramolecular Hbond substituents is 1. The van der Waals surface area contributed by atoms with Gasteiger partial charge in [-0.15, -0.1) is 0 Å². The number of amides is 1. The molecular formula is C15H19NO2. The van der Waals surface area contributed by atoms with Crippen LogP contribution in [0.1, 0.15) is 41.6 Å². The summed E-state index contributed by atoms with van der Waals surface area (Å²) in [7, 11) is 0. The number of hydrogen-bond donors (Lipinski definition) is 2. The van der Waals surface area contributed by atoms with Crippen molar-refractivity contribution in [3.63, 3.8) is 0 Å². The molecule has 3 nitrogen and oxygen atoms in total. The van der Waals surface area contributed by atoms with Crippen molar-refractivity contribution < 1.29 is 9.90 Å². The monoisotopic (exact) mass is 245 g/mol. The normalized spacial score (nSPS) is 19.0. The summed E-state index contributed by atoms with van der Waals surface area (Å²) in [6.45, 7) is 1.81. The highest BCUT2D eigenvalue weighted by Gasteiger charge is 2.42. The first kappa shape index (κ1) is 11.6. The summed E-state index contributed by atoms with van der Waals surface area (Å²) < 4.78 is 0. The molecule has 0 heterocycles. The molecule has 18 heavy (non-hydrogen) atoms. The van der Waals surface area contributed by atoms with Crippen molar-refractivity contribution >= 4 is 5.91 Å². The summed E-state index contributed by atoms with van der Waals surface area (Å²) in [4.78, 5) is 12.2. The molecule has 2 aliphatic rings. The van der Waals surface area contributed by atoms with Crippen molar-refractivity contribution in [2.75, 3.05) is 0 Å². The Morgan fingerprint density at radius 1 is 1.28 bits per heavy atom. The van der Waals surface area contributed by atoms with Crippen LogP contribution in [0.15, 0.2) is 18.2 Å². The van der Waals surface area contributed by atoms with Gasteiger partial charge in [-0.3, -0.25) is 4.79 Å². The molecule has 2 N–H and O–H groups in total. The lowest BCUT2D eigenvalue weighted by Crippen LogP contribution is -2.38. The summed E-state index contributed by atoms with van der Waals surface area (Å²) in [6, 6.07) is 5.64. The summed E-state index contributed by atoms with van der Waals surface area (Å²) in [5.41, 5.74) is 1.15. The zero-order valence-corrected chi connectivity index (χ0v) is 10.6. The first-order valence-corrected chi connectivity index (χ1v) is 6.76. The van der Waals surface area contributed by atoms with E-state index in [1.54, 1.807) is 6.07 Å². The van der Waals surface area contributed by atoms with Crippen molar-refractivity contribution in [2.45, 2.75) is 38.6 Å². The highest BCUT2D eigenvalue weighted by molar-refractivity contribution is 5.97. The molecule has 0 saturated heterocycles. The third-order valence-electron chi connectivity index (χ3n) is 4.04. The predicted molar refractivity (Wildman–Crippen MR) is 69.5 cm³/mol. The van der Waals surface area contributed by atoms with Crippen LogP contribution in [0.2, 0.25) is 0 Å². The standard InChI is InChI=1S/C15H19NO2/c1-9-3-2-4-12(14(9)17)15(18)16-13(10-5-6-10)11-7-8-11/h2-4,10-11,13,17H,5-8H2,1H3,(H,16,18). The summed E-state index contributed by atoms with van der Waals surface area (Å²) in [5, 5.41) is 13.1. The molecule has 0 radical (unpaired) electrons. The van der Waals surface area contributed by atoms with Gasteiger partial charge >= 0.3 is 0 Å². The van der Waals surface area contributed by atoms with Gasteiger partial charge < -0.3 is 10.4 Å². The van der Waals surface area contributed by atoms with Crippen LogP contribution >= 0.6 is 0 Å². The number of benzene rings is 1. The number of carbonyl (C=O) groups is 1. The second-order valence-corrected chi connectivity index (χ2v) is 5.65. The smallest absolute Gasteiger partial charge is 0.255 e. The first-order chi connectivity index (χ1) is 8.66. The van der Waals surface area contributed by atoms with Crippen LogP contribution in [0.25, 0.3) is 0 Å². The molecule has 2 saturated carbocycles. The minimum absolute atomic E-state index is 0.111. The van der Waals surface area contributed by atoms with Gasteiger partial charge in [0.05, 0.1) is 5.56 Å². The maximum absolute atomic E-state index is 12.2. The number of aromatic hydroxyl groups is 1. The Balaban J connectivity index is 1.75. The molecule has 0 atom stereocenters. The number of carbonyl (C=O) groups excluding carboxylic acids is 1. The maximum atomic E-state index is 12.2.